The smallest absolute Gasteiger partial charge is 0.226 e. The van der Waals surface area contributed by atoms with Crippen LogP contribution in [0.25, 0.3) is 0 Å². The van der Waals surface area contributed by atoms with Crippen molar-refractivity contribution < 1.29 is 9.53 Å². The predicted molar refractivity (Wildman–Crippen MR) is 80.3 cm³/mol. The Kier molecular flexibility index (Phi) is 4.15. The van der Waals surface area contributed by atoms with Crippen molar-refractivity contribution in [3.8, 4) is 5.75 Å². The fraction of sp³-hybridized carbons (Fsp3) is 0.400. The van der Waals surface area contributed by atoms with Crippen LogP contribution in [0.15, 0.2) is 23.7 Å². The molecule has 1 amide bonds. The molecule has 0 aromatic carbocycles. The molecule has 21 heavy (non-hydrogen) atoms. The third-order valence-corrected chi connectivity index (χ3v) is 4.00. The second kappa shape index (κ2) is 6.22. The molecule has 0 radical (unpaired) electrons. The minimum absolute atomic E-state index is 0.0537. The first-order valence-electron chi connectivity index (χ1n) is 6.97. The molecule has 5 nitrogen and oxygen atoms in total. The van der Waals surface area contributed by atoms with Crippen molar-refractivity contribution in [3.63, 3.8) is 0 Å². The zero-order chi connectivity index (χ0) is 14.7. The van der Waals surface area contributed by atoms with E-state index in [1.807, 2.05) is 24.4 Å². The van der Waals surface area contributed by atoms with E-state index in [0.717, 1.165) is 35.0 Å². The number of pyridine rings is 1. The summed E-state index contributed by atoms with van der Waals surface area (Å²) in [7, 11) is 0. The van der Waals surface area contributed by atoms with Gasteiger partial charge in [-0.1, -0.05) is 0 Å². The monoisotopic (exact) mass is 303 g/mol. The lowest BCUT2D eigenvalue weighted by atomic mass is 10.3. The number of thiazole rings is 1. The van der Waals surface area contributed by atoms with E-state index in [-0.39, 0.29) is 5.91 Å². The SMILES string of the molecule is Cc1ccc(OCc2nc(CC(=O)NC3CC3)cs2)cn1. The fourth-order valence-corrected chi connectivity index (χ4v) is 2.56. The van der Waals surface area contributed by atoms with Crippen molar-refractivity contribution in [1.82, 2.24) is 15.3 Å². The second-order valence-electron chi connectivity index (χ2n) is 5.18. The largest absolute Gasteiger partial charge is 0.485 e. The van der Waals surface area contributed by atoms with Crippen molar-refractivity contribution >= 4 is 17.2 Å². The number of ether oxygens (including phenoxy) is 1. The molecular formula is C15H17N3O2S. The van der Waals surface area contributed by atoms with Gasteiger partial charge in [0.05, 0.1) is 18.3 Å². The lowest BCUT2D eigenvalue weighted by Gasteiger charge is -2.03. The van der Waals surface area contributed by atoms with E-state index in [1.54, 1.807) is 6.20 Å². The second-order valence-corrected chi connectivity index (χ2v) is 6.12. The number of aryl methyl sites for hydroxylation is 1. The van der Waals surface area contributed by atoms with Crippen molar-refractivity contribution in [3.05, 3.63) is 40.1 Å². The van der Waals surface area contributed by atoms with E-state index in [1.165, 1.54) is 11.3 Å². The highest BCUT2D eigenvalue weighted by molar-refractivity contribution is 7.09. The highest BCUT2D eigenvalue weighted by Crippen LogP contribution is 2.19. The minimum Gasteiger partial charge on any atom is -0.485 e. The Hall–Kier alpha value is -1.95. The summed E-state index contributed by atoms with van der Waals surface area (Å²) in [5.41, 5.74) is 1.76. The Morgan fingerprint density at radius 3 is 3.05 bits per heavy atom. The molecule has 6 heteroatoms. The number of carbonyl (C=O) groups excluding carboxylic acids is 1. The molecule has 2 aromatic rings. The van der Waals surface area contributed by atoms with Gasteiger partial charge in [-0.05, 0) is 31.9 Å². The summed E-state index contributed by atoms with van der Waals surface area (Å²) in [6.45, 7) is 2.34. The first kappa shape index (κ1) is 14.0. The van der Waals surface area contributed by atoms with Gasteiger partial charge in [0, 0.05) is 17.1 Å². The van der Waals surface area contributed by atoms with Gasteiger partial charge in [-0.25, -0.2) is 4.98 Å². The number of nitrogens with one attached hydrogen (secondary N) is 1. The number of carbonyl (C=O) groups is 1. The zero-order valence-corrected chi connectivity index (χ0v) is 12.7. The summed E-state index contributed by atoms with van der Waals surface area (Å²) in [6.07, 6.45) is 4.25. The third kappa shape index (κ3) is 4.26. The predicted octanol–water partition coefficient (Wildman–Crippen LogP) is 2.25. The van der Waals surface area contributed by atoms with Crippen LogP contribution in [0.5, 0.6) is 5.75 Å². The molecule has 2 heterocycles. The molecular weight excluding hydrogens is 286 g/mol. The Morgan fingerprint density at radius 1 is 1.48 bits per heavy atom. The molecule has 0 atom stereocenters. The van der Waals surface area contributed by atoms with E-state index in [4.69, 9.17) is 4.74 Å². The van der Waals surface area contributed by atoms with Crippen LogP contribution in [0.2, 0.25) is 0 Å². The van der Waals surface area contributed by atoms with Crippen molar-refractivity contribution in [1.29, 1.82) is 0 Å². The summed E-state index contributed by atoms with van der Waals surface area (Å²) >= 11 is 1.51. The number of hydrogen-bond acceptors (Lipinski definition) is 5. The summed E-state index contributed by atoms with van der Waals surface area (Å²) in [4.78, 5) is 20.3. The number of rotatable bonds is 6. The first-order valence-corrected chi connectivity index (χ1v) is 7.85. The maximum absolute atomic E-state index is 11.7. The molecule has 0 spiro atoms. The van der Waals surface area contributed by atoms with Crippen molar-refractivity contribution in [2.75, 3.05) is 0 Å². The lowest BCUT2D eigenvalue weighted by Crippen LogP contribution is -2.27. The summed E-state index contributed by atoms with van der Waals surface area (Å²) < 4.78 is 5.62. The summed E-state index contributed by atoms with van der Waals surface area (Å²) in [6, 6.07) is 4.19. The average Bonchev–Trinajstić information content (AvgIpc) is 3.16. The van der Waals surface area contributed by atoms with E-state index in [2.05, 4.69) is 15.3 Å². The molecule has 0 saturated heterocycles. The van der Waals surface area contributed by atoms with Crippen LogP contribution in [0.4, 0.5) is 0 Å². The Bertz CT molecular complexity index is 620. The van der Waals surface area contributed by atoms with Gasteiger partial charge in [-0.15, -0.1) is 11.3 Å². The maximum Gasteiger partial charge on any atom is 0.226 e. The molecule has 1 aliphatic rings. The van der Waals surface area contributed by atoms with Gasteiger partial charge in [-0.3, -0.25) is 9.78 Å². The molecule has 1 N–H and O–H groups in total. The van der Waals surface area contributed by atoms with Gasteiger partial charge in [0.2, 0.25) is 5.91 Å². The molecule has 2 aromatic heterocycles. The van der Waals surface area contributed by atoms with Gasteiger partial charge in [-0.2, -0.15) is 0 Å². The molecule has 1 saturated carbocycles. The number of amides is 1. The van der Waals surface area contributed by atoms with Gasteiger partial charge in [0.25, 0.3) is 0 Å². The number of hydrogen-bond donors (Lipinski definition) is 1. The van der Waals surface area contributed by atoms with Gasteiger partial charge in [0.1, 0.15) is 17.4 Å². The third-order valence-electron chi connectivity index (χ3n) is 3.13. The van der Waals surface area contributed by atoms with Crippen LogP contribution in [-0.4, -0.2) is 21.9 Å². The van der Waals surface area contributed by atoms with Crippen LogP contribution in [-0.2, 0) is 17.8 Å². The Labute approximate surface area is 127 Å². The maximum atomic E-state index is 11.7. The summed E-state index contributed by atoms with van der Waals surface area (Å²) in [5, 5.41) is 5.74. The topological polar surface area (TPSA) is 64.1 Å². The highest BCUT2D eigenvalue weighted by atomic mass is 32.1. The quantitative estimate of drug-likeness (QED) is 0.889. The Balaban J connectivity index is 1.49. The van der Waals surface area contributed by atoms with Gasteiger partial charge >= 0.3 is 0 Å². The summed E-state index contributed by atoms with van der Waals surface area (Å²) in [5.74, 6) is 0.779. The van der Waals surface area contributed by atoms with E-state index < -0.39 is 0 Å². The van der Waals surface area contributed by atoms with Crippen molar-refractivity contribution in [2.45, 2.75) is 38.8 Å². The molecule has 1 aliphatic carbocycles. The fourth-order valence-electron chi connectivity index (χ4n) is 1.85. The lowest BCUT2D eigenvalue weighted by molar-refractivity contribution is -0.120. The van der Waals surface area contributed by atoms with Crippen LogP contribution in [0.3, 0.4) is 0 Å². The Morgan fingerprint density at radius 2 is 2.33 bits per heavy atom. The highest BCUT2D eigenvalue weighted by Gasteiger charge is 2.23. The van der Waals surface area contributed by atoms with E-state index in [0.29, 0.717) is 19.1 Å². The van der Waals surface area contributed by atoms with Crippen LogP contribution < -0.4 is 10.1 Å². The van der Waals surface area contributed by atoms with Crippen LogP contribution in [0.1, 0.15) is 29.2 Å². The molecule has 3 rings (SSSR count). The molecule has 110 valence electrons. The van der Waals surface area contributed by atoms with Gasteiger partial charge in [0.15, 0.2) is 0 Å². The zero-order valence-electron chi connectivity index (χ0n) is 11.8. The van der Waals surface area contributed by atoms with Crippen LogP contribution >= 0.6 is 11.3 Å². The minimum atomic E-state index is 0.0537. The normalized spacial score (nSPS) is 14.0. The standard InChI is InChI=1S/C15H17N3O2S/c1-10-2-5-13(7-16-10)20-8-15-18-12(9-21-15)6-14(19)17-11-3-4-11/h2,5,7,9,11H,3-4,6,8H2,1H3,(H,17,19). The molecule has 0 unspecified atom stereocenters. The molecule has 0 bridgehead atoms. The van der Waals surface area contributed by atoms with E-state index in [9.17, 15) is 4.79 Å². The average molecular weight is 303 g/mol. The molecule has 1 fully saturated rings. The van der Waals surface area contributed by atoms with Gasteiger partial charge < -0.3 is 10.1 Å². The number of aromatic nitrogens is 2. The number of nitrogens with zero attached hydrogens (tertiary/aromatic N) is 2. The molecule has 0 aliphatic heterocycles. The van der Waals surface area contributed by atoms with Crippen molar-refractivity contribution in [2.24, 2.45) is 0 Å². The van der Waals surface area contributed by atoms with Crippen LogP contribution in [0, 0.1) is 6.92 Å². The first-order chi connectivity index (χ1) is 10.2. The van der Waals surface area contributed by atoms with E-state index >= 15 is 0 Å².